The van der Waals surface area contributed by atoms with Gasteiger partial charge in [-0.2, -0.15) is 0 Å². The van der Waals surface area contributed by atoms with Crippen LogP contribution in [0.5, 0.6) is 11.5 Å². The number of piperazine rings is 1. The maximum absolute atomic E-state index is 12.8. The zero-order chi connectivity index (χ0) is 28.3. The Bertz CT molecular complexity index is 1230. The molecule has 39 heavy (non-hydrogen) atoms. The van der Waals surface area contributed by atoms with E-state index >= 15 is 0 Å². The summed E-state index contributed by atoms with van der Waals surface area (Å²) >= 11 is 0. The molecule has 0 atom stereocenters. The SMILES string of the molecule is CC(C)(C)OC(=O)N1CCN(C(=O)CCc2ccccc2Oc2ccccc2C=O)CC1.Cc1ccccc1. The van der Waals surface area contributed by atoms with Crippen LogP contribution in [-0.4, -0.2) is 59.9 Å². The Kier molecular flexibility index (Phi) is 10.7. The van der Waals surface area contributed by atoms with E-state index in [2.05, 4.69) is 19.1 Å². The molecule has 0 bridgehead atoms. The predicted octanol–water partition coefficient (Wildman–Crippen LogP) is 6.30. The number of aldehydes is 1. The van der Waals surface area contributed by atoms with Gasteiger partial charge in [0.05, 0.1) is 5.56 Å². The van der Waals surface area contributed by atoms with Crippen LogP contribution in [0.15, 0.2) is 78.9 Å². The summed E-state index contributed by atoms with van der Waals surface area (Å²) in [6.07, 6.45) is 1.27. The maximum Gasteiger partial charge on any atom is 0.410 e. The van der Waals surface area contributed by atoms with E-state index in [4.69, 9.17) is 9.47 Å². The van der Waals surface area contributed by atoms with Gasteiger partial charge in [0.1, 0.15) is 17.1 Å². The van der Waals surface area contributed by atoms with E-state index < -0.39 is 5.60 Å². The molecule has 0 radical (unpaired) electrons. The fourth-order valence-electron chi connectivity index (χ4n) is 4.00. The van der Waals surface area contributed by atoms with E-state index in [9.17, 15) is 14.4 Å². The van der Waals surface area contributed by atoms with Crippen molar-refractivity contribution in [2.75, 3.05) is 26.2 Å². The van der Waals surface area contributed by atoms with E-state index in [1.807, 2.05) is 69.3 Å². The minimum absolute atomic E-state index is 0.0388. The van der Waals surface area contributed by atoms with Crippen LogP contribution >= 0.6 is 0 Å². The number of aryl methyl sites for hydroxylation is 2. The van der Waals surface area contributed by atoms with Crippen LogP contribution in [0.1, 0.15) is 48.7 Å². The van der Waals surface area contributed by atoms with Crippen molar-refractivity contribution in [2.45, 2.75) is 46.1 Å². The second kappa shape index (κ2) is 14.1. The summed E-state index contributed by atoms with van der Waals surface area (Å²) in [5.41, 5.74) is 2.16. The number of carbonyl (C=O) groups excluding carboxylic acids is 3. The molecule has 1 aliphatic rings. The first-order valence-corrected chi connectivity index (χ1v) is 13.2. The van der Waals surface area contributed by atoms with Gasteiger partial charge in [-0.15, -0.1) is 0 Å². The molecule has 0 spiro atoms. The molecule has 2 amide bonds. The van der Waals surface area contributed by atoms with Gasteiger partial charge in [0.2, 0.25) is 5.91 Å². The highest BCUT2D eigenvalue weighted by Crippen LogP contribution is 2.28. The van der Waals surface area contributed by atoms with Gasteiger partial charge in [-0.3, -0.25) is 9.59 Å². The summed E-state index contributed by atoms with van der Waals surface area (Å²) in [6.45, 7) is 9.49. The van der Waals surface area contributed by atoms with Gasteiger partial charge in [0.25, 0.3) is 0 Å². The molecule has 0 saturated carbocycles. The van der Waals surface area contributed by atoms with Crippen molar-refractivity contribution >= 4 is 18.3 Å². The lowest BCUT2D eigenvalue weighted by atomic mass is 10.1. The lowest BCUT2D eigenvalue weighted by Gasteiger charge is -2.35. The first-order valence-electron chi connectivity index (χ1n) is 13.2. The van der Waals surface area contributed by atoms with Crippen molar-refractivity contribution < 1.29 is 23.9 Å². The lowest BCUT2D eigenvalue weighted by Crippen LogP contribution is -2.51. The van der Waals surface area contributed by atoms with Crippen LogP contribution in [0, 0.1) is 6.92 Å². The Morgan fingerprint density at radius 1 is 0.795 bits per heavy atom. The molecule has 1 aliphatic heterocycles. The lowest BCUT2D eigenvalue weighted by molar-refractivity contribution is -0.132. The summed E-state index contributed by atoms with van der Waals surface area (Å²) in [4.78, 5) is 39.6. The standard InChI is InChI=1S/C25H30N2O5.C7H8/c1-25(2,3)32-24(30)27-16-14-26(15-17-27)23(29)13-12-19-8-4-6-10-21(19)31-22-11-7-5-9-20(22)18-28;1-7-5-3-2-4-6-7/h4-11,18H,12-17H2,1-3H3;2-6H,1H3. The first kappa shape index (κ1) is 29.4. The molecule has 7 nitrogen and oxygen atoms in total. The van der Waals surface area contributed by atoms with Gasteiger partial charge in [0, 0.05) is 32.6 Å². The average Bonchev–Trinajstić information content (AvgIpc) is 2.92. The summed E-state index contributed by atoms with van der Waals surface area (Å²) in [6, 6.07) is 24.8. The molecule has 1 saturated heterocycles. The molecular formula is C32H38N2O5. The highest BCUT2D eigenvalue weighted by atomic mass is 16.6. The molecule has 1 fully saturated rings. The van der Waals surface area contributed by atoms with Crippen LogP contribution < -0.4 is 4.74 Å². The largest absolute Gasteiger partial charge is 0.456 e. The van der Waals surface area contributed by atoms with E-state index in [0.717, 1.165) is 11.8 Å². The summed E-state index contributed by atoms with van der Waals surface area (Å²) in [5, 5.41) is 0. The van der Waals surface area contributed by atoms with E-state index in [1.54, 1.807) is 28.0 Å². The molecule has 0 N–H and O–H groups in total. The van der Waals surface area contributed by atoms with Gasteiger partial charge < -0.3 is 19.3 Å². The number of carbonyl (C=O) groups is 3. The van der Waals surface area contributed by atoms with E-state index in [1.165, 1.54) is 5.56 Å². The zero-order valence-corrected chi connectivity index (χ0v) is 23.3. The quantitative estimate of drug-likeness (QED) is 0.350. The molecule has 7 heteroatoms. The predicted molar refractivity (Wildman–Crippen MR) is 152 cm³/mol. The highest BCUT2D eigenvalue weighted by Gasteiger charge is 2.27. The first-order chi connectivity index (χ1) is 18.7. The minimum Gasteiger partial charge on any atom is -0.456 e. The van der Waals surface area contributed by atoms with Crippen LogP contribution in [-0.2, 0) is 16.0 Å². The fourth-order valence-corrected chi connectivity index (χ4v) is 4.00. The Labute approximate surface area is 231 Å². The Balaban J connectivity index is 0.000000520. The molecule has 206 valence electrons. The van der Waals surface area contributed by atoms with E-state index in [0.29, 0.717) is 56.1 Å². The van der Waals surface area contributed by atoms with Gasteiger partial charge in [-0.05, 0) is 57.9 Å². The van der Waals surface area contributed by atoms with Crippen LogP contribution in [0.4, 0.5) is 4.79 Å². The summed E-state index contributed by atoms with van der Waals surface area (Å²) in [7, 11) is 0. The smallest absolute Gasteiger partial charge is 0.410 e. The van der Waals surface area contributed by atoms with Crippen molar-refractivity contribution in [1.82, 2.24) is 9.80 Å². The highest BCUT2D eigenvalue weighted by molar-refractivity contribution is 5.79. The monoisotopic (exact) mass is 530 g/mol. The fraction of sp³-hybridized carbons (Fsp3) is 0.344. The number of ether oxygens (including phenoxy) is 2. The number of benzene rings is 3. The molecule has 0 aromatic heterocycles. The number of para-hydroxylation sites is 2. The Morgan fingerprint density at radius 3 is 1.95 bits per heavy atom. The molecule has 3 aromatic rings. The van der Waals surface area contributed by atoms with Crippen LogP contribution in [0.3, 0.4) is 0 Å². The van der Waals surface area contributed by atoms with Gasteiger partial charge in [-0.1, -0.05) is 66.2 Å². The molecule has 3 aromatic carbocycles. The number of rotatable bonds is 6. The number of amides is 2. The Hall–Kier alpha value is -4.13. The normalized spacial score (nSPS) is 13.1. The molecule has 0 aliphatic carbocycles. The number of hydrogen-bond acceptors (Lipinski definition) is 5. The average molecular weight is 531 g/mol. The van der Waals surface area contributed by atoms with Crippen molar-refractivity contribution in [2.24, 2.45) is 0 Å². The van der Waals surface area contributed by atoms with Gasteiger partial charge >= 0.3 is 6.09 Å². The van der Waals surface area contributed by atoms with Crippen molar-refractivity contribution in [1.29, 1.82) is 0 Å². The second-order valence-corrected chi connectivity index (χ2v) is 10.4. The molecular weight excluding hydrogens is 492 g/mol. The molecule has 1 heterocycles. The van der Waals surface area contributed by atoms with Crippen LogP contribution in [0.2, 0.25) is 0 Å². The van der Waals surface area contributed by atoms with Crippen LogP contribution in [0.25, 0.3) is 0 Å². The minimum atomic E-state index is -0.536. The van der Waals surface area contributed by atoms with Crippen molar-refractivity contribution in [3.8, 4) is 11.5 Å². The van der Waals surface area contributed by atoms with Crippen molar-refractivity contribution in [3.63, 3.8) is 0 Å². The molecule has 0 unspecified atom stereocenters. The zero-order valence-electron chi connectivity index (χ0n) is 23.3. The number of hydrogen-bond donors (Lipinski definition) is 0. The second-order valence-electron chi connectivity index (χ2n) is 10.4. The third kappa shape index (κ3) is 9.60. The van der Waals surface area contributed by atoms with Crippen molar-refractivity contribution in [3.05, 3.63) is 95.6 Å². The molecule has 4 rings (SSSR count). The summed E-state index contributed by atoms with van der Waals surface area (Å²) < 4.78 is 11.4. The number of nitrogens with zero attached hydrogens (tertiary/aromatic N) is 2. The summed E-state index contributed by atoms with van der Waals surface area (Å²) in [5.74, 6) is 1.15. The maximum atomic E-state index is 12.8. The topological polar surface area (TPSA) is 76.2 Å². The van der Waals surface area contributed by atoms with E-state index in [-0.39, 0.29) is 12.0 Å². The third-order valence-electron chi connectivity index (χ3n) is 6.07. The van der Waals surface area contributed by atoms with Gasteiger partial charge in [-0.25, -0.2) is 4.79 Å². The Morgan fingerprint density at radius 2 is 1.36 bits per heavy atom. The third-order valence-corrected chi connectivity index (χ3v) is 6.07. The van der Waals surface area contributed by atoms with Gasteiger partial charge in [0.15, 0.2) is 6.29 Å².